The fourth-order valence-corrected chi connectivity index (χ4v) is 2.64. The number of carbonyl (C=O) groups is 1. The molecule has 0 aliphatic rings. The average molecular weight is 367 g/mol. The highest BCUT2D eigenvalue weighted by atomic mass is 16.5. The fraction of sp³-hybridized carbons (Fsp3) is 0.250. The highest BCUT2D eigenvalue weighted by Gasteiger charge is 2.10. The first kappa shape index (κ1) is 18.4. The van der Waals surface area contributed by atoms with E-state index >= 15 is 0 Å². The van der Waals surface area contributed by atoms with Crippen molar-refractivity contribution in [3.8, 4) is 23.0 Å². The van der Waals surface area contributed by atoms with Crippen molar-refractivity contribution in [3.05, 3.63) is 59.4 Å². The maximum Gasteiger partial charge on any atom is 0.257 e. The van der Waals surface area contributed by atoms with Crippen molar-refractivity contribution in [2.24, 2.45) is 0 Å². The van der Waals surface area contributed by atoms with E-state index < -0.39 is 0 Å². The van der Waals surface area contributed by atoms with Crippen molar-refractivity contribution in [1.29, 1.82) is 0 Å². The smallest absolute Gasteiger partial charge is 0.257 e. The zero-order valence-electron chi connectivity index (χ0n) is 15.5. The second-order valence-corrected chi connectivity index (χ2v) is 5.92. The van der Waals surface area contributed by atoms with E-state index in [0.29, 0.717) is 41.7 Å². The van der Waals surface area contributed by atoms with Gasteiger partial charge in [-0.2, -0.15) is 4.98 Å². The van der Waals surface area contributed by atoms with E-state index in [9.17, 15) is 4.79 Å². The largest absolute Gasteiger partial charge is 0.493 e. The molecule has 0 aliphatic heterocycles. The molecule has 3 aromatic rings. The van der Waals surface area contributed by atoms with E-state index in [1.54, 1.807) is 45.4 Å². The van der Waals surface area contributed by atoms with Gasteiger partial charge in [-0.25, -0.2) is 0 Å². The topological polar surface area (TPSA) is 86.5 Å². The van der Waals surface area contributed by atoms with Gasteiger partial charge < -0.3 is 19.3 Å². The van der Waals surface area contributed by atoms with E-state index in [1.807, 2.05) is 18.2 Å². The summed E-state index contributed by atoms with van der Waals surface area (Å²) in [5.74, 6) is 2.23. The number of nitrogens with zero attached hydrogens (tertiary/aromatic N) is 2. The Morgan fingerprint density at radius 2 is 1.81 bits per heavy atom. The number of aromatic nitrogens is 2. The van der Waals surface area contributed by atoms with Crippen LogP contribution in [-0.4, -0.2) is 36.8 Å². The van der Waals surface area contributed by atoms with Gasteiger partial charge in [0.2, 0.25) is 0 Å². The Labute approximate surface area is 157 Å². The van der Waals surface area contributed by atoms with Crippen LogP contribution in [0, 0.1) is 6.92 Å². The number of methoxy groups -OCH3 is 2. The normalized spacial score (nSPS) is 10.5. The zero-order chi connectivity index (χ0) is 19.2. The first-order valence-corrected chi connectivity index (χ1v) is 8.50. The predicted molar refractivity (Wildman–Crippen MR) is 100 cm³/mol. The number of rotatable bonds is 7. The third-order valence-corrected chi connectivity index (χ3v) is 4.07. The molecule has 1 heterocycles. The molecule has 0 spiro atoms. The molecule has 7 nitrogen and oxygen atoms in total. The van der Waals surface area contributed by atoms with Crippen LogP contribution >= 0.6 is 0 Å². The fourth-order valence-electron chi connectivity index (χ4n) is 2.64. The first-order chi connectivity index (χ1) is 13.1. The van der Waals surface area contributed by atoms with Crippen LogP contribution in [0.5, 0.6) is 11.5 Å². The van der Waals surface area contributed by atoms with Crippen molar-refractivity contribution in [1.82, 2.24) is 15.5 Å². The summed E-state index contributed by atoms with van der Waals surface area (Å²) in [5.41, 5.74) is 2.40. The molecular weight excluding hydrogens is 346 g/mol. The SMILES string of the molecule is COc1ccc(CCNC(=O)c2ccc(-c3nc(C)no3)cc2)cc1OC. The second kappa shape index (κ2) is 8.35. The summed E-state index contributed by atoms with van der Waals surface area (Å²) in [6.07, 6.45) is 0.686. The van der Waals surface area contributed by atoms with Crippen molar-refractivity contribution in [2.45, 2.75) is 13.3 Å². The van der Waals surface area contributed by atoms with Gasteiger partial charge in [0.05, 0.1) is 14.2 Å². The molecule has 140 valence electrons. The Kier molecular flexibility index (Phi) is 5.71. The summed E-state index contributed by atoms with van der Waals surface area (Å²) in [6, 6.07) is 12.8. The monoisotopic (exact) mass is 367 g/mol. The van der Waals surface area contributed by atoms with Crippen molar-refractivity contribution < 1.29 is 18.8 Å². The lowest BCUT2D eigenvalue weighted by Gasteiger charge is -2.10. The molecule has 0 saturated heterocycles. The molecule has 1 aromatic heterocycles. The van der Waals surface area contributed by atoms with Gasteiger partial charge in [0, 0.05) is 17.7 Å². The van der Waals surface area contributed by atoms with Crippen LogP contribution in [-0.2, 0) is 6.42 Å². The number of amides is 1. The number of hydrogen-bond donors (Lipinski definition) is 1. The third kappa shape index (κ3) is 4.44. The van der Waals surface area contributed by atoms with E-state index in [-0.39, 0.29) is 5.91 Å². The minimum atomic E-state index is -0.135. The summed E-state index contributed by atoms with van der Waals surface area (Å²) in [4.78, 5) is 16.5. The maximum atomic E-state index is 12.3. The predicted octanol–water partition coefficient (Wildman–Crippen LogP) is 3.03. The van der Waals surface area contributed by atoms with Crippen LogP contribution in [0.15, 0.2) is 47.0 Å². The highest BCUT2D eigenvalue weighted by molar-refractivity contribution is 5.94. The Bertz CT molecular complexity index is 919. The number of aryl methyl sites for hydroxylation is 1. The summed E-state index contributed by atoms with van der Waals surface area (Å²) in [5, 5.41) is 6.68. The highest BCUT2D eigenvalue weighted by Crippen LogP contribution is 2.27. The Hall–Kier alpha value is -3.35. The second-order valence-electron chi connectivity index (χ2n) is 5.92. The van der Waals surface area contributed by atoms with E-state index in [1.165, 1.54) is 0 Å². The number of ether oxygens (including phenoxy) is 2. The third-order valence-electron chi connectivity index (χ3n) is 4.07. The Morgan fingerprint density at radius 3 is 2.44 bits per heavy atom. The molecule has 0 unspecified atom stereocenters. The van der Waals surface area contributed by atoms with Gasteiger partial charge in [0.15, 0.2) is 17.3 Å². The van der Waals surface area contributed by atoms with Crippen LogP contribution in [0.4, 0.5) is 0 Å². The molecule has 27 heavy (non-hydrogen) atoms. The van der Waals surface area contributed by atoms with Gasteiger partial charge in [-0.3, -0.25) is 4.79 Å². The zero-order valence-corrected chi connectivity index (χ0v) is 15.5. The van der Waals surface area contributed by atoms with Crippen molar-refractivity contribution in [2.75, 3.05) is 20.8 Å². The van der Waals surface area contributed by atoms with Gasteiger partial charge in [0.1, 0.15) is 0 Å². The molecule has 0 radical (unpaired) electrons. The molecule has 0 fully saturated rings. The number of benzene rings is 2. The molecule has 3 rings (SSSR count). The molecule has 2 aromatic carbocycles. The molecule has 1 N–H and O–H groups in total. The lowest BCUT2D eigenvalue weighted by molar-refractivity contribution is 0.0954. The molecule has 1 amide bonds. The van der Waals surface area contributed by atoms with Gasteiger partial charge in [-0.05, 0) is 55.3 Å². The van der Waals surface area contributed by atoms with E-state index in [2.05, 4.69) is 15.5 Å². The van der Waals surface area contributed by atoms with Crippen LogP contribution in [0.3, 0.4) is 0 Å². The average Bonchev–Trinajstić information content (AvgIpc) is 3.14. The molecular formula is C20H21N3O4. The lowest BCUT2D eigenvalue weighted by Crippen LogP contribution is -2.25. The van der Waals surface area contributed by atoms with Crippen molar-refractivity contribution >= 4 is 5.91 Å². The molecule has 0 aliphatic carbocycles. The summed E-state index contributed by atoms with van der Waals surface area (Å²) >= 11 is 0. The maximum absolute atomic E-state index is 12.3. The standard InChI is InChI=1S/C20H21N3O4/c1-13-22-20(27-23-13)16-7-5-15(6-8-16)19(24)21-11-10-14-4-9-17(25-2)18(12-14)26-3/h4-9,12H,10-11H2,1-3H3,(H,21,24). The molecule has 7 heteroatoms. The molecule has 0 saturated carbocycles. The van der Waals surface area contributed by atoms with Crippen LogP contribution in [0.25, 0.3) is 11.5 Å². The number of hydrogen-bond acceptors (Lipinski definition) is 6. The number of nitrogens with one attached hydrogen (secondary N) is 1. The van der Waals surface area contributed by atoms with Gasteiger partial charge >= 0.3 is 0 Å². The van der Waals surface area contributed by atoms with Gasteiger partial charge in [-0.1, -0.05) is 11.2 Å². The molecule has 0 atom stereocenters. The lowest BCUT2D eigenvalue weighted by atomic mass is 10.1. The van der Waals surface area contributed by atoms with Crippen LogP contribution in [0.1, 0.15) is 21.7 Å². The van der Waals surface area contributed by atoms with Crippen LogP contribution < -0.4 is 14.8 Å². The minimum Gasteiger partial charge on any atom is -0.493 e. The summed E-state index contributed by atoms with van der Waals surface area (Å²) in [6.45, 7) is 2.27. The first-order valence-electron chi connectivity index (χ1n) is 8.50. The number of carbonyl (C=O) groups excluding carboxylic acids is 1. The van der Waals surface area contributed by atoms with Gasteiger partial charge in [-0.15, -0.1) is 0 Å². The van der Waals surface area contributed by atoms with Crippen LogP contribution in [0.2, 0.25) is 0 Å². The van der Waals surface area contributed by atoms with E-state index in [0.717, 1.165) is 11.1 Å². The summed E-state index contributed by atoms with van der Waals surface area (Å²) in [7, 11) is 3.20. The van der Waals surface area contributed by atoms with Gasteiger partial charge in [0.25, 0.3) is 11.8 Å². The molecule has 0 bridgehead atoms. The minimum absolute atomic E-state index is 0.135. The Morgan fingerprint density at radius 1 is 1.07 bits per heavy atom. The Balaban J connectivity index is 1.56. The van der Waals surface area contributed by atoms with E-state index in [4.69, 9.17) is 14.0 Å². The quantitative estimate of drug-likeness (QED) is 0.691. The summed E-state index contributed by atoms with van der Waals surface area (Å²) < 4.78 is 15.6. The van der Waals surface area contributed by atoms with Crippen molar-refractivity contribution in [3.63, 3.8) is 0 Å².